The zero-order chi connectivity index (χ0) is 14.8. The van der Waals surface area contributed by atoms with Crippen LogP contribution in [0, 0.1) is 0 Å². The van der Waals surface area contributed by atoms with E-state index >= 15 is 0 Å². The number of hydrogen-bond acceptors (Lipinski definition) is 5. The Morgan fingerprint density at radius 3 is 2.65 bits per heavy atom. The van der Waals surface area contributed by atoms with Crippen LogP contribution in [0.1, 0.15) is 10.4 Å². The average molecular weight is 332 g/mol. The third-order valence-electron chi connectivity index (χ3n) is 2.36. The summed E-state index contributed by atoms with van der Waals surface area (Å²) in [6.07, 6.45) is 1.16. The molecule has 9 heteroatoms. The smallest absolute Gasteiger partial charge is 0.273 e. The Morgan fingerprint density at radius 2 is 2.05 bits per heavy atom. The molecule has 1 heterocycles. The van der Waals surface area contributed by atoms with Crippen molar-refractivity contribution in [1.82, 2.24) is 10.3 Å². The number of amides is 1. The van der Waals surface area contributed by atoms with Gasteiger partial charge in [-0.3, -0.25) is 9.52 Å². The lowest BCUT2D eigenvalue weighted by Crippen LogP contribution is -2.21. The lowest BCUT2D eigenvalue weighted by Gasteiger charge is -2.10. The van der Waals surface area contributed by atoms with Crippen molar-refractivity contribution in [3.8, 4) is 0 Å². The summed E-state index contributed by atoms with van der Waals surface area (Å²) in [5.41, 5.74) is 0.422. The van der Waals surface area contributed by atoms with Gasteiger partial charge in [-0.25, -0.2) is 13.4 Å². The molecule has 6 nitrogen and oxygen atoms in total. The van der Waals surface area contributed by atoms with Crippen LogP contribution in [0.5, 0.6) is 0 Å². The van der Waals surface area contributed by atoms with Crippen LogP contribution >= 0.6 is 22.9 Å². The van der Waals surface area contributed by atoms with E-state index in [2.05, 4.69) is 15.0 Å². The molecular weight excluding hydrogens is 322 g/mol. The summed E-state index contributed by atoms with van der Waals surface area (Å²) in [6.45, 7) is 0. The molecule has 1 aromatic heterocycles. The number of aromatic nitrogens is 1. The van der Waals surface area contributed by atoms with Crippen molar-refractivity contribution in [2.24, 2.45) is 0 Å². The molecule has 0 radical (unpaired) electrons. The second-order valence-corrected chi connectivity index (χ2v) is 7.18. The quantitative estimate of drug-likeness (QED) is 0.896. The summed E-state index contributed by atoms with van der Waals surface area (Å²) in [6, 6.07) is 6.30. The molecule has 1 aromatic carbocycles. The molecule has 0 fully saturated rings. The number of thiazole rings is 1. The van der Waals surface area contributed by atoms with Gasteiger partial charge in [0.1, 0.15) is 0 Å². The molecule has 0 bridgehead atoms. The number of benzene rings is 1. The van der Waals surface area contributed by atoms with E-state index in [1.807, 2.05) is 0 Å². The predicted octanol–water partition coefficient (Wildman–Crippen LogP) is 1.96. The fraction of sp³-hybridized carbons (Fsp3) is 0.0909. The summed E-state index contributed by atoms with van der Waals surface area (Å²) in [4.78, 5) is 15.4. The number of anilines is 1. The number of para-hydroxylation sites is 1. The zero-order valence-corrected chi connectivity index (χ0v) is 12.6. The maximum Gasteiger partial charge on any atom is 0.273 e. The van der Waals surface area contributed by atoms with Crippen LogP contribution in [-0.2, 0) is 10.0 Å². The minimum atomic E-state index is -3.82. The molecule has 0 saturated carbocycles. The Balaban J connectivity index is 2.37. The van der Waals surface area contributed by atoms with Gasteiger partial charge in [-0.1, -0.05) is 35.1 Å². The third kappa shape index (κ3) is 3.09. The minimum absolute atomic E-state index is 0.0193. The molecule has 0 aliphatic carbocycles. The van der Waals surface area contributed by atoms with Gasteiger partial charge in [-0.2, -0.15) is 0 Å². The van der Waals surface area contributed by atoms with E-state index in [1.165, 1.54) is 19.2 Å². The van der Waals surface area contributed by atoms with Gasteiger partial charge in [0.05, 0.1) is 17.4 Å². The highest BCUT2D eigenvalue weighted by atomic mass is 35.5. The molecule has 0 saturated heterocycles. The highest BCUT2D eigenvalue weighted by Crippen LogP contribution is 2.25. The number of carbonyl (C=O) groups is 1. The van der Waals surface area contributed by atoms with Crippen LogP contribution in [0.2, 0.25) is 4.47 Å². The summed E-state index contributed by atoms with van der Waals surface area (Å²) in [5.74, 6) is -0.384. The van der Waals surface area contributed by atoms with Crippen molar-refractivity contribution in [2.75, 3.05) is 11.8 Å². The largest absolute Gasteiger partial charge is 0.355 e. The second-order valence-electron chi connectivity index (χ2n) is 3.66. The SMILES string of the molecule is CNC(=O)c1ccccc1NS(=O)(=O)c1cnc(Cl)s1. The van der Waals surface area contributed by atoms with Crippen LogP contribution in [0.25, 0.3) is 0 Å². The van der Waals surface area contributed by atoms with Crippen molar-refractivity contribution in [3.05, 3.63) is 40.5 Å². The Bertz CT molecular complexity index is 743. The first-order valence-electron chi connectivity index (χ1n) is 5.39. The maximum atomic E-state index is 12.1. The van der Waals surface area contributed by atoms with Gasteiger partial charge in [0.2, 0.25) is 0 Å². The number of sulfonamides is 1. The van der Waals surface area contributed by atoms with Crippen molar-refractivity contribution in [1.29, 1.82) is 0 Å². The summed E-state index contributed by atoms with van der Waals surface area (Å²) < 4.78 is 26.8. The topological polar surface area (TPSA) is 88.2 Å². The predicted molar refractivity (Wildman–Crippen MR) is 77.8 cm³/mol. The molecule has 0 aliphatic rings. The first kappa shape index (κ1) is 14.8. The molecule has 2 N–H and O–H groups in total. The lowest BCUT2D eigenvalue weighted by molar-refractivity contribution is 0.0964. The molecule has 0 unspecified atom stereocenters. The number of rotatable bonds is 4. The van der Waals surface area contributed by atoms with Crippen LogP contribution in [0.15, 0.2) is 34.7 Å². The van der Waals surface area contributed by atoms with E-state index in [-0.39, 0.29) is 25.8 Å². The number of nitrogens with one attached hydrogen (secondary N) is 2. The maximum absolute atomic E-state index is 12.1. The van der Waals surface area contributed by atoms with Gasteiger partial charge in [-0.05, 0) is 12.1 Å². The highest BCUT2D eigenvalue weighted by Gasteiger charge is 2.20. The van der Waals surface area contributed by atoms with Gasteiger partial charge in [0.15, 0.2) is 8.68 Å². The van der Waals surface area contributed by atoms with Crippen LogP contribution in [-0.4, -0.2) is 26.4 Å². The van der Waals surface area contributed by atoms with E-state index < -0.39 is 10.0 Å². The molecule has 1 amide bonds. The molecule has 0 spiro atoms. The molecule has 20 heavy (non-hydrogen) atoms. The van der Waals surface area contributed by atoms with Gasteiger partial charge >= 0.3 is 0 Å². The van der Waals surface area contributed by atoms with Crippen LogP contribution in [0.3, 0.4) is 0 Å². The fourth-order valence-corrected chi connectivity index (χ4v) is 3.84. The Kier molecular flexibility index (Phi) is 4.26. The number of nitrogens with zero attached hydrogens (tertiary/aromatic N) is 1. The normalized spacial score (nSPS) is 11.1. The summed E-state index contributed by atoms with van der Waals surface area (Å²) in [7, 11) is -2.35. The third-order valence-corrected chi connectivity index (χ3v) is 5.31. The van der Waals surface area contributed by atoms with Crippen molar-refractivity contribution < 1.29 is 13.2 Å². The second kappa shape index (κ2) is 5.78. The molecule has 0 aliphatic heterocycles. The van der Waals surface area contributed by atoms with Crippen molar-refractivity contribution in [2.45, 2.75) is 4.21 Å². The van der Waals surface area contributed by atoms with Crippen molar-refractivity contribution in [3.63, 3.8) is 0 Å². The summed E-state index contributed by atoms with van der Waals surface area (Å²) >= 11 is 6.46. The Morgan fingerprint density at radius 1 is 1.35 bits per heavy atom. The average Bonchev–Trinajstić information content (AvgIpc) is 2.86. The van der Waals surface area contributed by atoms with Crippen LogP contribution in [0.4, 0.5) is 5.69 Å². The molecule has 0 atom stereocenters. The fourth-order valence-electron chi connectivity index (χ4n) is 1.46. The van der Waals surface area contributed by atoms with Gasteiger partial charge in [-0.15, -0.1) is 0 Å². The van der Waals surface area contributed by atoms with Gasteiger partial charge in [0.25, 0.3) is 15.9 Å². The van der Waals surface area contributed by atoms with E-state index in [0.717, 1.165) is 17.5 Å². The Hall–Kier alpha value is -1.64. The first-order valence-corrected chi connectivity index (χ1v) is 8.07. The highest BCUT2D eigenvalue weighted by molar-refractivity contribution is 7.94. The monoisotopic (exact) mass is 331 g/mol. The molecular formula is C11H10ClN3O3S2. The molecule has 2 rings (SSSR count). The minimum Gasteiger partial charge on any atom is -0.355 e. The Labute approximate surface area is 124 Å². The van der Waals surface area contributed by atoms with E-state index in [1.54, 1.807) is 12.1 Å². The molecule has 106 valence electrons. The molecule has 2 aromatic rings. The van der Waals surface area contributed by atoms with E-state index in [0.29, 0.717) is 0 Å². The van der Waals surface area contributed by atoms with Crippen LogP contribution < -0.4 is 10.0 Å². The first-order chi connectivity index (χ1) is 9.44. The van der Waals surface area contributed by atoms with Gasteiger partial charge in [0, 0.05) is 7.05 Å². The van der Waals surface area contributed by atoms with E-state index in [4.69, 9.17) is 11.6 Å². The lowest BCUT2D eigenvalue weighted by atomic mass is 10.2. The van der Waals surface area contributed by atoms with E-state index in [9.17, 15) is 13.2 Å². The van der Waals surface area contributed by atoms with Gasteiger partial charge < -0.3 is 5.32 Å². The summed E-state index contributed by atoms with van der Waals surface area (Å²) in [5, 5.41) is 2.45. The number of carbonyl (C=O) groups excluding carboxylic acids is 1. The zero-order valence-electron chi connectivity index (χ0n) is 10.3. The standard InChI is InChI=1S/C11H10ClN3O3S2/c1-13-10(16)7-4-2-3-5-8(7)15-20(17,18)9-6-14-11(12)19-9/h2-6,15H,1H3,(H,13,16). The van der Waals surface area contributed by atoms with Crippen molar-refractivity contribution >= 4 is 44.6 Å². The number of halogens is 1. The number of hydrogen-bond donors (Lipinski definition) is 2.